The Morgan fingerprint density at radius 3 is 2.61 bits per heavy atom. The molecule has 3 heterocycles. The van der Waals surface area contributed by atoms with E-state index in [9.17, 15) is 14.4 Å². The van der Waals surface area contributed by atoms with Crippen LogP contribution in [0.15, 0.2) is 49.2 Å². The van der Waals surface area contributed by atoms with Gasteiger partial charge >= 0.3 is 0 Å². The van der Waals surface area contributed by atoms with E-state index in [1.807, 2.05) is 0 Å². The number of nitrogens with one attached hydrogen (secondary N) is 1. The summed E-state index contributed by atoms with van der Waals surface area (Å²) in [4.78, 5) is 48.3. The molecule has 9 nitrogen and oxygen atoms in total. The molecule has 1 N–H and O–H groups in total. The number of fused-ring (bicyclic) bond motifs is 1. The van der Waals surface area contributed by atoms with Gasteiger partial charge in [0.05, 0.1) is 16.8 Å². The highest BCUT2D eigenvalue weighted by atomic mass is 16.2. The second-order valence-corrected chi connectivity index (χ2v) is 7.70. The van der Waals surface area contributed by atoms with Gasteiger partial charge in [-0.25, -0.2) is 14.6 Å². The summed E-state index contributed by atoms with van der Waals surface area (Å²) in [6, 6.07) is 7.97. The number of carbonyl (C=O) groups is 3. The van der Waals surface area contributed by atoms with Crippen molar-refractivity contribution in [1.29, 1.82) is 0 Å². The Morgan fingerprint density at radius 1 is 1.03 bits per heavy atom. The lowest BCUT2D eigenvalue weighted by molar-refractivity contribution is 0.0549. The van der Waals surface area contributed by atoms with E-state index in [1.165, 1.54) is 28.3 Å². The molecule has 0 spiro atoms. The zero-order valence-electron chi connectivity index (χ0n) is 16.7. The summed E-state index contributed by atoms with van der Waals surface area (Å²) in [5, 5.41) is 6.86. The minimum absolute atomic E-state index is 0.0564. The molecule has 2 aliphatic rings. The number of benzene rings is 1. The third kappa shape index (κ3) is 3.37. The molecular formula is C22H20N6O3. The number of anilines is 1. The van der Waals surface area contributed by atoms with E-state index in [1.54, 1.807) is 30.5 Å². The number of carbonyl (C=O) groups excluding carboxylic acids is 3. The molecule has 2 aromatic heterocycles. The first-order valence-corrected chi connectivity index (χ1v) is 10.3. The van der Waals surface area contributed by atoms with E-state index in [-0.39, 0.29) is 23.4 Å². The van der Waals surface area contributed by atoms with Gasteiger partial charge in [-0.05, 0) is 43.2 Å². The molecule has 1 aliphatic carbocycles. The average molecular weight is 416 g/mol. The fourth-order valence-corrected chi connectivity index (χ4v) is 4.26. The summed E-state index contributed by atoms with van der Waals surface area (Å²) < 4.78 is 1.45. The van der Waals surface area contributed by atoms with Crippen molar-refractivity contribution in [3.63, 3.8) is 0 Å². The summed E-state index contributed by atoms with van der Waals surface area (Å²) in [5.74, 6) is -0.566. The van der Waals surface area contributed by atoms with Crippen molar-refractivity contribution in [2.24, 2.45) is 0 Å². The Bertz CT molecular complexity index is 1170. The number of hydrogen-bond acceptors (Lipinski definition) is 6. The molecule has 1 fully saturated rings. The minimum atomic E-state index is -0.409. The van der Waals surface area contributed by atoms with Gasteiger partial charge in [0, 0.05) is 17.8 Å². The van der Waals surface area contributed by atoms with Gasteiger partial charge in [0.2, 0.25) is 0 Å². The standard InChI is InChI=1S/C22H20N6O3/c29-20(26-18-7-4-10-24-19(18)27-13-23-12-25-27)14-8-9-16-17(11-14)22(31)28(21(16)30)15-5-2-1-3-6-15/h4,7-13,15H,1-3,5-6H2,(H,26,29). The van der Waals surface area contributed by atoms with Gasteiger partial charge in [-0.15, -0.1) is 0 Å². The summed E-state index contributed by atoms with van der Waals surface area (Å²) in [5.41, 5.74) is 1.38. The van der Waals surface area contributed by atoms with Crippen LogP contribution in [-0.2, 0) is 0 Å². The van der Waals surface area contributed by atoms with Crippen LogP contribution in [0.5, 0.6) is 0 Å². The van der Waals surface area contributed by atoms with Crippen molar-refractivity contribution < 1.29 is 14.4 Å². The number of hydrogen-bond donors (Lipinski definition) is 1. The lowest BCUT2D eigenvalue weighted by Crippen LogP contribution is -2.40. The van der Waals surface area contributed by atoms with Crippen LogP contribution in [0.3, 0.4) is 0 Å². The highest BCUT2D eigenvalue weighted by molar-refractivity contribution is 6.22. The monoisotopic (exact) mass is 416 g/mol. The first-order chi connectivity index (χ1) is 15.1. The Kier molecular flexibility index (Phi) is 4.78. The first kappa shape index (κ1) is 19.1. The normalized spacial score (nSPS) is 16.5. The van der Waals surface area contributed by atoms with Crippen LogP contribution in [-0.4, -0.2) is 48.4 Å². The molecule has 1 aromatic carbocycles. The molecule has 5 rings (SSSR count). The molecule has 1 saturated carbocycles. The van der Waals surface area contributed by atoms with E-state index >= 15 is 0 Å². The fourth-order valence-electron chi connectivity index (χ4n) is 4.26. The van der Waals surface area contributed by atoms with Crippen LogP contribution in [0.1, 0.15) is 63.2 Å². The van der Waals surface area contributed by atoms with E-state index in [0.29, 0.717) is 22.6 Å². The van der Waals surface area contributed by atoms with Crippen molar-refractivity contribution in [3.8, 4) is 5.82 Å². The minimum Gasteiger partial charge on any atom is -0.319 e. The van der Waals surface area contributed by atoms with Crippen LogP contribution in [0.25, 0.3) is 5.82 Å². The van der Waals surface area contributed by atoms with E-state index in [0.717, 1.165) is 32.1 Å². The quantitative estimate of drug-likeness (QED) is 0.655. The SMILES string of the molecule is O=C(Nc1cccnc1-n1cncn1)c1ccc2c(c1)C(=O)N(C1CCCCC1)C2=O. The third-order valence-corrected chi connectivity index (χ3v) is 5.79. The first-order valence-electron chi connectivity index (χ1n) is 10.3. The molecule has 0 radical (unpaired) electrons. The zero-order valence-corrected chi connectivity index (χ0v) is 16.7. The Hall–Kier alpha value is -3.88. The zero-order chi connectivity index (χ0) is 21.4. The van der Waals surface area contributed by atoms with Crippen molar-refractivity contribution in [1.82, 2.24) is 24.6 Å². The van der Waals surface area contributed by atoms with Crippen molar-refractivity contribution in [2.45, 2.75) is 38.1 Å². The van der Waals surface area contributed by atoms with Crippen LogP contribution >= 0.6 is 0 Å². The summed E-state index contributed by atoms with van der Waals surface area (Å²) in [7, 11) is 0. The van der Waals surface area contributed by atoms with Crippen molar-refractivity contribution in [2.75, 3.05) is 5.32 Å². The van der Waals surface area contributed by atoms with E-state index in [2.05, 4.69) is 20.4 Å². The van der Waals surface area contributed by atoms with E-state index < -0.39 is 5.91 Å². The maximum atomic E-state index is 13.0. The molecule has 0 atom stereocenters. The lowest BCUT2D eigenvalue weighted by atomic mass is 9.94. The molecule has 0 unspecified atom stereocenters. The molecule has 156 valence electrons. The third-order valence-electron chi connectivity index (χ3n) is 5.79. The van der Waals surface area contributed by atoms with Gasteiger partial charge in [-0.2, -0.15) is 5.10 Å². The van der Waals surface area contributed by atoms with Crippen molar-refractivity contribution >= 4 is 23.4 Å². The largest absolute Gasteiger partial charge is 0.319 e. The highest BCUT2D eigenvalue weighted by Gasteiger charge is 2.40. The van der Waals surface area contributed by atoms with Gasteiger partial charge in [-0.1, -0.05) is 19.3 Å². The molecule has 9 heteroatoms. The van der Waals surface area contributed by atoms with Gasteiger partial charge in [0.25, 0.3) is 17.7 Å². The van der Waals surface area contributed by atoms with Gasteiger partial charge in [0.15, 0.2) is 5.82 Å². The second-order valence-electron chi connectivity index (χ2n) is 7.70. The van der Waals surface area contributed by atoms with Gasteiger partial charge in [0.1, 0.15) is 12.7 Å². The van der Waals surface area contributed by atoms with Crippen LogP contribution in [0, 0.1) is 0 Å². The average Bonchev–Trinajstić information content (AvgIpc) is 3.42. The Morgan fingerprint density at radius 2 is 1.84 bits per heavy atom. The van der Waals surface area contributed by atoms with Crippen LogP contribution < -0.4 is 5.32 Å². The molecule has 0 saturated heterocycles. The maximum absolute atomic E-state index is 13.0. The number of nitrogens with zero attached hydrogens (tertiary/aromatic N) is 5. The number of rotatable bonds is 4. The summed E-state index contributed by atoms with van der Waals surface area (Å²) >= 11 is 0. The van der Waals surface area contributed by atoms with Gasteiger partial charge < -0.3 is 5.32 Å². The molecule has 31 heavy (non-hydrogen) atoms. The summed E-state index contributed by atoms with van der Waals surface area (Å²) in [6.45, 7) is 0. The molecule has 3 amide bonds. The molecule has 1 aliphatic heterocycles. The molecule has 0 bridgehead atoms. The van der Waals surface area contributed by atoms with Crippen LogP contribution in [0.2, 0.25) is 0 Å². The summed E-state index contributed by atoms with van der Waals surface area (Å²) in [6.07, 6.45) is 9.30. The number of pyridine rings is 1. The maximum Gasteiger partial charge on any atom is 0.261 e. The lowest BCUT2D eigenvalue weighted by Gasteiger charge is -2.29. The predicted molar refractivity (Wildman–Crippen MR) is 111 cm³/mol. The van der Waals surface area contributed by atoms with E-state index in [4.69, 9.17) is 0 Å². The second kappa shape index (κ2) is 7.75. The van der Waals surface area contributed by atoms with Crippen LogP contribution in [0.4, 0.5) is 5.69 Å². The molecular weight excluding hydrogens is 396 g/mol. The van der Waals surface area contributed by atoms with Crippen molar-refractivity contribution in [3.05, 3.63) is 65.9 Å². The fraction of sp³-hybridized carbons (Fsp3) is 0.273. The molecule has 3 aromatic rings. The Balaban J connectivity index is 1.41. The highest BCUT2D eigenvalue weighted by Crippen LogP contribution is 2.31. The number of aromatic nitrogens is 4. The Labute approximate surface area is 178 Å². The smallest absolute Gasteiger partial charge is 0.261 e. The number of amides is 3. The topological polar surface area (TPSA) is 110 Å². The number of imide groups is 1. The predicted octanol–water partition coefficient (Wildman–Crippen LogP) is 2.84. The van der Waals surface area contributed by atoms with Gasteiger partial charge in [-0.3, -0.25) is 19.3 Å².